The van der Waals surface area contributed by atoms with Crippen LogP contribution in [0.15, 0.2) is 5.38 Å². The molecule has 1 fully saturated rings. The van der Waals surface area contributed by atoms with Crippen LogP contribution < -0.4 is 0 Å². The Kier molecular flexibility index (Phi) is 1.76. The van der Waals surface area contributed by atoms with Crippen molar-refractivity contribution in [3.8, 4) is 0 Å². The standard InChI is InChI=1S/C9H11NOS/c1-5-3-7(5)8(11)9-10-6(2)4-12-9/h4-5,7H,3H2,1-2H3. The Hall–Kier alpha value is -0.700. The van der Waals surface area contributed by atoms with Crippen molar-refractivity contribution in [3.63, 3.8) is 0 Å². The molecule has 0 radical (unpaired) electrons. The fraction of sp³-hybridized carbons (Fsp3) is 0.556. The van der Waals surface area contributed by atoms with Crippen LogP contribution in [-0.2, 0) is 0 Å². The Bertz CT molecular complexity index is 318. The number of hydrogen-bond acceptors (Lipinski definition) is 3. The molecule has 1 aromatic heterocycles. The summed E-state index contributed by atoms with van der Waals surface area (Å²) in [5.41, 5.74) is 0.955. The molecule has 3 heteroatoms. The van der Waals surface area contributed by atoms with Crippen LogP contribution >= 0.6 is 11.3 Å². The van der Waals surface area contributed by atoms with Gasteiger partial charge in [0.05, 0.1) is 0 Å². The lowest BCUT2D eigenvalue weighted by Gasteiger charge is -1.90. The average molecular weight is 181 g/mol. The molecule has 0 N–H and O–H groups in total. The van der Waals surface area contributed by atoms with E-state index in [4.69, 9.17) is 0 Å². The van der Waals surface area contributed by atoms with Gasteiger partial charge < -0.3 is 0 Å². The summed E-state index contributed by atoms with van der Waals surface area (Å²) >= 11 is 1.47. The first-order valence-electron chi connectivity index (χ1n) is 4.15. The van der Waals surface area contributed by atoms with E-state index in [-0.39, 0.29) is 11.7 Å². The smallest absolute Gasteiger partial charge is 0.194 e. The zero-order valence-corrected chi connectivity index (χ0v) is 8.02. The largest absolute Gasteiger partial charge is 0.291 e. The lowest BCUT2D eigenvalue weighted by Crippen LogP contribution is -2.01. The molecule has 2 unspecified atom stereocenters. The van der Waals surface area contributed by atoms with Crippen LogP contribution in [-0.4, -0.2) is 10.8 Å². The molecule has 0 spiro atoms. The molecule has 1 aliphatic rings. The minimum atomic E-state index is 0.251. The Morgan fingerprint density at radius 2 is 2.42 bits per heavy atom. The average Bonchev–Trinajstić information content (AvgIpc) is 2.58. The number of ketones is 1. The van der Waals surface area contributed by atoms with Crippen molar-refractivity contribution in [1.29, 1.82) is 0 Å². The maximum absolute atomic E-state index is 11.6. The van der Waals surface area contributed by atoms with E-state index >= 15 is 0 Å². The second-order valence-corrected chi connectivity index (χ2v) is 4.34. The van der Waals surface area contributed by atoms with Gasteiger partial charge in [0.15, 0.2) is 10.8 Å². The minimum absolute atomic E-state index is 0.251. The lowest BCUT2D eigenvalue weighted by atomic mass is 10.2. The van der Waals surface area contributed by atoms with Gasteiger partial charge >= 0.3 is 0 Å². The first kappa shape index (κ1) is 7.92. The van der Waals surface area contributed by atoms with E-state index in [1.54, 1.807) is 0 Å². The predicted octanol–water partition coefficient (Wildman–Crippen LogP) is 2.29. The summed E-state index contributed by atoms with van der Waals surface area (Å²) in [4.78, 5) is 15.8. The van der Waals surface area contributed by atoms with Gasteiger partial charge in [0.1, 0.15) is 0 Å². The van der Waals surface area contributed by atoms with E-state index in [2.05, 4.69) is 11.9 Å². The summed E-state index contributed by atoms with van der Waals surface area (Å²) in [6.07, 6.45) is 1.05. The molecule has 0 bridgehead atoms. The lowest BCUT2D eigenvalue weighted by molar-refractivity contribution is 0.0962. The maximum atomic E-state index is 11.6. The number of aryl methyl sites for hydroxylation is 1. The molecule has 2 nitrogen and oxygen atoms in total. The Labute approximate surface area is 75.6 Å². The molecule has 0 amide bonds. The molecule has 0 aromatic carbocycles. The quantitative estimate of drug-likeness (QED) is 0.655. The number of aromatic nitrogens is 1. The molecule has 0 saturated heterocycles. The molecular weight excluding hydrogens is 170 g/mol. The number of hydrogen-bond donors (Lipinski definition) is 0. The number of nitrogens with zero attached hydrogens (tertiary/aromatic N) is 1. The van der Waals surface area contributed by atoms with Gasteiger partial charge in [-0.25, -0.2) is 4.98 Å². The van der Waals surface area contributed by atoms with E-state index < -0.39 is 0 Å². The third-order valence-corrected chi connectivity index (χ3v) is 3.25. The highest BCUT2D eigenvalue weighted by Gasteiger charge is 2.40. The second kappa shape index (κ2) is 2.66. The first-order valence-corrected chi connectivity index (χ1v) is 5.03. The van der Waals surface area contributed by atoms with Gasteiger partial charge in [-0.05, 0) is 19.3 Å². The van der Waals surface area contributed by atoms with Crippen LogP contribution in [0.2, 0.25) is 0 Å². The van der Waals surface area contributed by atoms with Crippen molar-refractivity contribution in [1.82, 2.24) is 4.98 Å². The molecule has 2 atom stereocenters. The van der Waals surface area contributed by atoms with Gasteiger partial charge in [0, 0.05) is 17.0 Å². The highest BCUT2D eigenvalue weighted by molar-refractivity contribution is 7.11. The minimum Gasteiger partial charge on any atom is -0.291 e. The first-order chi connectivity index (χ1) is 5.68. The zero-order chi connectivity index (χ0) is 8.72. The van der Waals surface area contributed by atoms with E-state index in [1.807, 2.05) is 12.3 Å². The van der Waals surface area contributed by atoms with E-state index in [1.165, 1.54) is 11.3 Å². The van der Waals surface area contributed by atoms with Gasteiger partial charge in [0.25, 0.3) is 0 Å². The number of carbonyl (C=O) groups excluding carboxylic acids is 1. The van der Waals surface area contributed by atoms with Crippen LogP contribution in [0.1, 0.15) is 28.8 Å². The number of carbonyl (C=O) groups is 1. The molecule has 2 rings (SSSR count). The Balaban J connectivity index is 2.15. The summed E-state index contributed by atoms with van der Waals surface area (Å²) in [6.45, 7) is 4.03. The highest BCUT2D eigenvalue weighted by Crippen LogP contribution is 2.40. The molecule has 1 heterocycles. The number of rotatable bonds is 2. The SMILES string of the molecule is Cc1csc(C(=O)C2CC2C)n1. The van der Waals surface area contributed by atoms with Crippen molar-refractivity contribution in [2.75, 3.05) is 0 Å². The zero-order valence-electron chi connectivity index (χ0n) is 7.20. The summed E-state index contributed by atoms with van der Waals surface area (Å²) in [6, 6.07) is 0. The predicted molar refractivity (Wildman–Crippen MR) is 48.5 cm³/mol. The monoisotopic (exact) mass is 181 g/mol. The van der Waals surface area contributed by atoms with Gasteiger partial charge in [-0.3, -0.25) is 4.79 Å². The van der Waals surface area contributed by atoms with Gasteiger partial charge in [0.2, 0.25) is 0 Å². The van der Waals surface area contributed by atoms with Crippen LogP contribution in [0, 0.1) is 18.8 Å². The normalized spacial score (nSPS) is 27.2. The van der Waals surface area contributed by atoms with Crippen molar-refractivity contribution >= 4 is 17.1 Å². The fourth-order valence-corrected chi connectivity index (χ4v) is 2.11. The summed E-state index contributed by atoms with van der Waals surface area (Å²) in [5, 5.41) is 2.63. The summed E-state index contributed by atoms with van der Waals surface area (Å²) < 4.78 is 0. The van der Waals surface area contributed by atoms with E-state index in [0.717, 1.165) is 12.1 Å². The molecular formula is C9H11NOS. The van der Waals surface area contributed by atoms with Crippen LogP contribution in [0.3, 0.4) is 0 Å². The van der Waals surface area contributed by atoms with Crippen LogP contribution in [0.25, 0.3) is 0 Å². The van der Waals surface area contributed by atoms with Crippen molar-refractivity contribution in [2.24, 2.45) is 11.8 Å². The Morgan fingerprint density at radius 1 is 1.75 bits per heavy atom. The van der Waals surface area contributed by atoms with Crippen molar-refractivity contribution in [2.45, 2.75) is 20.3 Å². The molecule has 1 aromatic rings. The maximum Gasteiger partial charge on any atom is 0.194 e. The van der Waals surface area contributed by atoms with Crippen molar-refractivity contribution < 1.29 is 4.79 Å². The molecule has 1 aliphatic carbocycles. The second-order valence-electron chi connectivity index (χ2n) is 3.48. The fourth-order valence-electron chi connectivity index (χ4n) is 1.31. The van der Waals surface area contributed by atoms with Gasteiger partial charge in [-0.1, -0.05) is 6.92 Å². The molecule has 0 aliphatic heterocycles. The number of Topliss-reactive ketones (excluding diaryl/α,β-unsaturated/α-hetero) is 1. The molecule has 1 saturated carbocycles. The summed E-state index contributed by atoms with van der Waals surface area (Å²) in [5.74, 6) is 1.11. The Morgan fingerprint density at radius 3 is 2.83 bits per heavy atom. The third-order valence-electron chi connectivity index (χ3n) is 2.28. The van der Waals surface area contributed by atoms with Crippen LogP contribution in [0.4, 0.5) is 0 Å². The molecule has 64 valence electrons. The highest BCUT2D eigenvalue weighted by atomic mass is 32.1. The topological polar surface area (TPSA) is 30.0 Å². The van der Waals surface area contributed by atoms with E-state index in [0.29, 0.717) is 10.9 Å². The van der Waals surface area contributed by atoms with Gasteiger partial charge in [-0.15, -0.1) is 11.3 Å². The third kappa shape index (κ3) is 1.29. The van der Waals surface area contributed by atoms with Gasteiger partial charge in [-0.2, -0.15) is 0 Å². The molecule has 12 heavy (non-hydrogen) atoms. The van der Waals surface area contributed by atoms with Crippen LogP contribution in [0.5, 0.6) is 0 Å². The summed E-state index contributed by atoms with van der Waals surface area (Å²) in [7, 11) is 0. The van der Waals surface area contributed by atoms with E-state index in [9.17, 15) is 4.79 Å². The van der Waals surface area contributed by atoms with Crippen molar-refractivity contribution in [3.05, 3.63) is 16.1 Å². The number of thiazole rings is 1.